The summed E-state index contributed by atoms with van der Waals surface area (Å²) in [6.45, 7) is 6.69. The topological polar surface area (TPSA) is 96.4 Å². The second-order valence-corrected chi connectivity index (χ2v) is 9.78. The number of aliphatic hydroxyl groups excluding tert-OH is 1. The van der Waals surface area contributed by atoms with Gasteiger partial charge in [-0.1, -0.05) is 31.2 Å². The maximum atomic E-state index is 13.9. The number of cyclic esters (lactones) is 1. The molecule has 0 aromatic carbocycles. The van der Waals surface area contributed by atoms with Crippen LogP contribution in [0.2, 0.25) is 0 Å². The summed E-state index contributed by atoms with van der Waals surface area (Å²) in [5.41, 5.74) is -2.28. The molecular weight excluding hydrogens is 424 g/mol. The van der Waals surface area contributed by atoms with Crippen LogP contribution in [0.3, 0.4) is 0 Å². The van der Waals surface area contributed by atoms with E-state index in [0.29, 0.717) is 26.0 Å². The van der Waals surface area contributed by atoms with Gasteiger partial charge in [0.2, 0.25) is 11.8 Å². The van der Waals surface area contributed by atoms with E-state index >= 15 is 0 Å². The van der Waals surface area contributed by atoms with Crippen LogP contribution in [0.25, 0.3) is 0 Å². The van der Waals surface area contributed by atoms with Gasteiger partial charge >= 0.3 is 5.97 Å². The van der Waals surface area contributed by atoms with Crippen LogP contribution in [0.4, 0.5) is 0 Å². The minimum atomic E-state index is -1.26. The van der Waals surface area contributed by atoms with Crippen molar-refractivity contribution in [1.29, 1.82) is 0 Å². The minimum absolute atomic E-state index is 0.0572. The third-order valence-corrected chi connectivity index (χ3v) is 7.59. The van der Waals surface area contributed by atoms with Gasteiger partial charge in [0, 0.05) is 25.7 Å². The van der Waals surface area contributed by atoms with Crippen LogP contribution in [-0.2, 0) is 23.9 Å². The zero-order valence-electron chi connectivity index (χ0n) is 19.9. The van der Waals surface area contributed by atoms with E-state index in [1.165, 1.54) is 4.90 Å². The highest BCUT2D eigenvalue weighted by Crippen LogP contribution is 2.58. The van der Waals surface area contributed by atoms with Gasteiger partial charge in [-0.15, -0.1) is 0 Å². The Morgan fingerprint density at radius 2 is 1.91 bits per heavy atom. The van der Waals surface area contributed by atoms with Crippen LogP contribution in [0, 0.1) is 11.8 Å². The quantitative estimate of drug-likeness (QED) is 0.497. The number of amides is 2. The molecule has 1 spiro atoms. The number of aliphatic hydroxyl groups is 1. The van der Waals surface area contributed by atoms with Gasteiger partial charge in [0.1, 0.15) is 23.2 Å². The number of nitrogens with zero attached hydrogens (tertiary/aromatic N) is 2. The number of esters is 1. The van der Waals surface area contributed by atoms with Crippen LogP contribution < -0.4 is 0 Å². The fourth-order valence-corrected chi connectivity index (χ4v) is 6.00. The van der Waals surface area contributed by atoms with Gasteiger partial charge < -0.3 is 24.4 Å². The number of carbonyl (C=O) groups is 3. The third-order valence-electron chi connectivity index (χ3n) is 7.59. The van der Waals surface area contributed by atoms with E-state index < -0.39 is 35.0 Å². The first-order valence-corrected chi connectivity index (χ1v) is 12.3. The van der Waals surface area contributed by atoms with E-state index in [0.717, 1.165) is 19.3 Å². The molecule has 33 heavy (non-hydrogen) atoms. The number of fused-ring (bicyclic) bond motifs is 2. The lowest BCUT2D eigenvalue weighted by atomic mass is 9.73. The van der Waals surface area contributed by atoms with E-state index in [1.54, 1.807) is 4.90 Å². The Morgan fingerprint density at radius 3 is 2.61 bits per heavy atom. The smallest absolute Gasteiger partial charge is 0.313 e. The van der Waals surface area contributed by atoms with Crippen molar-refractivity contribution in [2.75, 3.05) is 26.3 Å². The standard InChI is InChI=1S/C25H36N2O6/c1-4-24-11-7-5-6-8-16-32-23(31)19(24)18-21(29)27(14-10-15-28)20-22(30)26(17(2)3)13-9-12-25(18,20)33-24/h7,9,11-12,17-20,28H,4-6,8,10,13-16H2,1-3H3/b11-7-/t18-,19+,20?,24-,25-/m0/s1. The van der Waals surface area contributed by atoms with Crippen LogP contribution >= 0.6 is 0 Å². The van der Waals surface area contributed by atoms with Gasteiger partial charge in [-0.2, -0.15) is 0 Å². The first-order chi connectivity index (χ1) is 15.8. The van der Waals surface area contributed by atoms with Crippen molar-refractivity contribution >= 4 is 17.8 Å². The van der Waals surface area contributed by atoms with Gasteiger partial charge in [0.05, 0.1) is 12.5 Å². The lowest BCUT2D eigenvalue weighted by molar-refractivity contribution is -0.161. The molecular formula is C25H36N2O6. The number of ether oxygens (including phenoxy) is 2. The Bertz CT molecular complexity index is 854. The molecule has 5 atom stereocenters. The number of carbonyl (C=O) groups excluding carboxylic acids is 3. The number of rotatable bonds is 5. The van der Waals surface area contributed by atoms with Crippen molar-refractivity contribution in [2.45, 2.75) is 76.2 Å². The summed E-state index contributed by atoms with van der Waals surface area (Å²) in [6.07, 6.45) is 11.0. The fourth-order valence-electron chi connectivity index (χ4n) is 6.00. The molecule has 0 aliphatic carbocycles. The van der Waals surface area contributed by atoms with Crippen molar-refractivity contribution in [3.63, 3.8) is 0 Å². The fraction of sp³-hybridized carbons (Fsp3) is 0.720. The monoisotopic (exact) mass is 460 g/mol. The number of allylic oxidation sites excluding steroid dienone is 1. The number of likely N-dealkylation sites (tertiary alicyclic amines) is 1. The summed E-state index contributed by atoms with van der Waals surface area (Å²) in [7, 11) is 0. The normalized spacial score (nSPS) is 37.5. The van der Waals surface area contributed by atoms with Gasteiger partial charge in [0.15, 0.2) is 0 Å². The predicted octanol–water partition coefficient (Wildman–Crippen LogP) is 1.82. The summed E-state index contributed by atoms with van der Waals surface area (Å²) < 4.78 is 12.5. The van der Waals surface area contributed by atoms with E-state index in [4.69, 9.17) is 9.47 Å². The second-order valence-electron chi connectivity index (χ2n) is 9.78. The highest BCUT2D eigenvalue weighted by Gasteiger charge is 2.75. The molecule has 2 fully saturated rings. The molecule has 1 N–H and O–H groups in total. The summed E-state index contributed by atoms with van der Waals surface area (Å²) >= 11 is 0. The molecule has 0 bridgehead atoms. The van der Waals surface area contributed by atoms with Crippen molar-refractivity contribution in [3.8, 4) is 0 Å². The Hall–Kier alpha value is -2.19. The molecule has 4 heterocycles. The van der Waals surface area contributed by atoms with E-state index in [-0.39, 0.29) is 31.0 Å². The molecule has 8 heteroatoms. The van der Waals surface area contributed by atoms with Crippen molar-refractivity contribution in [3.05, 3.63) is 24.3 Å². The molecule has 4 rings (SSSR count). The van der Waals surface area contributed by atoms with Crippen molar-refractivity contribution < 1.29 is 29.0 Å². The molecule has 0 aromatic rings. The van der Waals surface area contributed by atoms with Gasteiger partial charge in [-0.05, 0) is 46.0 Å². The average Bonchev–Trinajstić information content (AvgIpc) is 3.13. The summed E-state index contributed by atoms with van der Waals surface area (Å²) in [5.74, 6) is -2.60. The molecule has 0 aromatic heterocycles. The predicted molar refractivity (Wildman–Crippen MR) is 121 cm³/mol. The van der Waals surface area contributed by atoms with Gasteiger partial charge in [-0.3, -0.25) is 14.4 Å². The highest BCUT2D eigenvalue weighted by molar-refractivity contribution is 5.99. The van der Waals surface area contributed by atoms with Gasteiger partial charge in [0.25, 0.3) is 0 Å². The first kappa shape index (κ1) is 24.0. The molecule has 182 valence electrons. The minimum Gasteiger partial charge on any atom is -0.465 e. The van der Waals surface area contributed by atoms with Crippen LogP contribution in [0.1, 0.15) is 52.9 Å². The second kappa shape index (κ2) is 9.22. The summed E-state index contributed by atoms with van der Waals surface area (Å²) in [6, 6.07) is -0.941. The number of hydrogen-bond donors (Lipinski definition) is 1. The van der Waals surface area contributed by atoms with Crippen LogP contribution in [-0.4, -0.2) is 82.3 Å². The Morgan fingerprint density at radius 1 is 1.12 bits per heavy atom. The van der Waals surface area contributed by atoms with E-state index in [2.05, 4.69) is 0 Å². The number of hydrogen-bond acceptors (Lipinski definition) is 6. The lowest BCUT2D eigenvalue weighted by Gasteiger charge is -2.39. The average molecular weight is 461 g/mol. The van der Waals surface area contributed by atoms with Crippen molar-refractivity contribution in [2.24, 2.45) is 11.8 Å². The van der Waals surface area contributed by atoms with Crippen molar-refractivity contribution in [1.82, 2.24) is 9.80 Å². The molecule has 4 aliphatic rings. The molecule has 8 nitrogen and oxygen atoms in total. The zero-order valence-corrected chi connectivity index (χ0v) is 19.9. The van der Waals surface area contributed by atoms with Crippen LogP contribution in [0.5, 0.6) is 0 Å². The first-order valence-electron chi connectivity index (χ1n) is 12.3. The Balaban J connectivity index is 1.88. The molecule has 4 aliphatic heterocycles. The van der Waals surface area contributed by atoms with Crippen LogP contribution in [0.15, 0.2) is 24.3 Å². The van der Waals surface area contributed by atoms with Gasteiger partial charge in [-0.25, -0.2) is 0 Å². The Kier molecular flexibility index (Phi) is 6.69. The summed E-state index contributed by atoms with van der Waals surface area (Å²) in [4.78, 5) is 44.5. The maximum absolute atomic E-state index is 13.9. The third kappa shape index (κ3) is 3.71. The lowest BCUT2D eigenvalue weighted by Crippen LogP contribution is -2.57. The van der Waals surface area contributed by atoms with E-state index in [9.17, 15) is 19.5 Å². The highest BCUT2D eigenvalue weighted by atomic mass is 16.6. The summed E-state index contributed by atoms with van der Waals surface area (Å²) in [5, 5.41) is 9.44. The molecule has 1 unspecified atom stereocenters. The molecule has 0 radical (unpaired) electrons. The van der Waals surface area contributed by atoms with E-state index in [1.807, 2.05) is 45.1 Å². The Labute approximate surface area is 195 Å². The largest absolute Gasteiger partial charge is 0.465 e. The zero-order chi connectivity index (χ0) is 23.8. The molecule has 2 amide bonds. The molecule has 2 saturated heterocycles. The maximum Gasteiger partial charge on any atom is 0.313 e. The SMILES string of the molecule is CC[C@]12/C=C\CCCCOC(=O)[C@H]1[C@H]1C(=O)N(CCCO)C3C(=O)N(C(C)C)CC=C[C@@]31O2. The molecule has 0 saturated carbocycles.